The van der Waals surface area contributed by atoms with Gasteiger partial charge in [-0.1, -0.05) is 19.8 Å². The second kappa shape index (κ2) is 6.62. The minimum Gasteiger partial charge on any atom is -0.480 e. The highest BCUT2D eigenvalue weighted by atomic mass is 32.1. The molecule has 0 aliphatic heterocycles. The van der Waals surface area contributed by atoms with Crippen LogP contribution in [0.3, 0.4) is 0 Å². The van der Waals surface area contributed by atoms with Gasteiger partial charge in [0.15, 0.2) is 5.11 Å². The number of carboxylic acid groups (broad SMARTS) is 1. The molecule has 0 saturated carbocycles. The molecule has 0 aliphatic rings. The minimum absolute atomic E-state index is 0.0442. The zero-order chi connectivity index (χ0) is 10.3. The van der Waals surface area contributed by atoms with E-state index in [0.29, 0.717) is 6.42 Å². The molecule has 5 N–H and O–H groups in total. The van der Waals surface area contributed by atoms with Gasteiger partial charge in [0.2, 0.25) is 0 Å². The molecule has 5 nitrogen and oxygen atoms in total. The number of hydrazine groups is 1. The summed E-state index contributed by atoms with van der Waals surface area (Å²) in [7, 11) is 0. The van der Waals surface area contributed by atoms with Gasteiger partial charge in [-0.05, 0) is 18.6 Å². The van der Waals surface area contributed by atoms with Gasteiger partial charge >= 0.3 is 5.97 Å². The van der Waals surface area contributed by atoms with Gasteiger partial charge in [-0.25, -0.2) is 5.43 Å². The van der Waals surface area contributed by atoms with Crippen LogP contribution in [0.4, 0.5) is 0 Å². The van der Waals surface area contributed by atoms with Gasteiger partial charge in [0, 0.05) is 0 Å². The molecule has 0 rings (SSSR count). The fourth-order valence-corrected chi connectivity index (χ4v) is 0.883. The van der Waals surface area contributed by atoms with E-state index in [0.717, 1.165) is 12.8 Å². The first-order valence-electron chi connectivity index (χ1n) is 4.11. The fraction of sp³-hybridized carbons (Fsp3) is 0.714. The number of nitrogens with one attached hydrogen (secondary N) is 2. The van der Waals surface area contributed by atoms with E-state index in [1.165, 1.54) is 0 Å². The van der Waals surface area contributed by atoms with E-state index in [4.69, 9.17) is 10.8 Å². The van der Waals surface area contributed by atoms with E-state index >= 15 is 0 Å². The Kier molecular flexibility index (Phi) is 6.17. The van der Waals surface area contributed by atoms with Gasteiger partial charge in [-0.15, -0.1) is 0 Å². The molecule has 0 spiro atoms. The summed E-state index contributed by atoms with van der Waals surface area (Å²) >= 11 is 4.52. The minimum atomic E-state index is -0.905. The molecule has 0 unspecified atom stereocenters. The molecule has 0 aliphatic carbocycles. The highest BCUT2D eigenvalue weighted by Gasteiger charge is 2.15. The van der Waals surface area contributed by atoms with Crippen molar-refractivity contribution in [2.45, 2.75) is 32.2 Å². The summed E-state index contributed by atoms with van der Waals surface area (Å²) in [4.78, 5) is 10.6. The van der Waals surface area contributed by atoms with Crippen LogP contribution in [0.15, 0.2) is 0 Å². The molecule has 76 valence electrons. The van der Waals surface area contributed by atoms with Gasteiger partial charge in [0.05, 0.1) is 0 Å². The monoisotopic (exact) mass is 205 g/mol. The third kappa shape index (κ3) is 6.30. The Labute approximate surface area is 82.7 Å². The lowest BCUT2D eigenvalue weighted by Crippen LogP contribution is -2.49. The van der Waals surface area contributed by atoms with Crippen molar-refractivity contribution in [3.05, 3.63) is 0 Å². The van der Waals surface area contributed by atoms with Crippen LogP contribution in [-0.2, 0) is 4.79 Å². The predicted molar refractivity (Wildman–Crippen MR) is 54.0 cm³/mol. The molecule has 13 heavy (non-hydrogen) atoms. The normalized spacial score (nSPS) is 12.1. The first-order chi connectivity index (χ1) is 6.07. The van der Waals surface area contributed by atoms with Crippen molar-refractivity contribution < 1.29 is 9.90 Å². The summed E-state index contributed by atoms with van der Waals surface area (Å²) in [6.45, 7) is 2.00. The van der Waals surface area contributed by atoms with Gasteiger partial charge in [-0.3, -0.25) is 10.2 Å². The zero-order valence-corrected chi connectivity index (χ0v) is 8.36. The largest absolute Gasteiger partial charge is 0.480 e. The van der Waals surface area contributed by atoms with Crippen molar-refractivity contribution >= 4 is 23.3 Å². The molecule has 0 aromatic carbocycles. The van der Waals surface area contributed by atoms with Crippen LogP contribution in [0, 0.1) is 0 Å². The summed E-state index contributed by atoms with van der Waals surface area (Å²) in [6.07, 6.45) is 2.36. The van der Waals surface area contributed by atoms with Gasteiger partial charge in [0.1, 0.15) is 6.04 Å². The number of carbonyl (C=O) groups is 1. The highest BCUT2D eigenvalue weighted by Crippen LogP contribution is 1.99. The van der Waals surface area contributed by atoms with Crippen molar-refractivity contribution in [1.82, 2.24) is 10.9 Å². The van der Waals surface area contributed by atoms with Crippen LogP contribution in [0.25, 0.3) is 0 Å². The quantitative estimate of drug-likeness (QED) is 0.360. The molecule has 0 fully saturated rings. The number of hydrogen-bond donors (Lipinski definition) is 4. The van der Waals surface area contributed by atoms with E-state index in [-0.39, 0.29) is 5.11 Å². The summed E-state index contributed by atoms with van der Waals surface area (Å²) in [5.41, 5.74) is 10.1. The summed E-state index contributed by atoms with van der Waals surface area (Å²) in [5.74, 6) is -0.905. The van der Waals surface area contributed by atoms with Crippen LogP contribution in [0.2, 0.25) is 0 Å². The number of rotatable bonds is 6. The average Bonchev–Trinajstić information content (AvgIpc) is 2.03. The van der Waals surface area contributed by atoms with Crippen molar-refractivity contribution in [2.75, 3.05) is 0 Å². The lowest BCUT2D eigenvalue weighted by Gasteiger charge is -2.14. The average molecular weight is 205 g/mol. The molecule has 6 heteroatoms. The molecule has 0 amide bonds. The van der Waals surface area contributed by atoms with Crippen LogP contribution in [0.5, 0.6) is 0 Å². The molecular weight excluding hydrogens is 190 g/mol. The number of unbranched alkanes of at least 4 members (excludes halogenated alkanes) is 1. The first kappa shape index (κ1) is 12.1. The van der Waals surface area contributed by atoms with Crippen LogP contribution in [0.1, 0.15) is 26.2 Å². The Hall–Kier alpha value is -0.880. The maximum atomic E-state index is 10.6. The third-order valence-corrected chi connectivity index (χ3v) is 1.62. The maximum Gasteiger partial charge on any atom is 0.322 e. The number of nitrogens with two attached hydrogens (primary N) is 1. The van der Waals surface area contributed by atoms with Crippen LogP contribution >= 0.6 is 12.2 Å². The molecule has 0 radical (unpaired) electrons. The van der Waals surface area contributed by atoms with Crippen molar-refractivity contribution in [3.63, 3.8) is 0 Å². The predicted octanol–water partition coefficient (Wildman–Crippen LogP) is -0.0324. The van der Waals surface area contributed by atoms with Crippen LogP contribution < -0.4 is 16.6 Å². The van der Waals surface area contributed by atoms with Gasteiger partial charge in [-0.2, -0.15) is 0 Å². The number of hydrogen-bond acceptors (Lipinski definition) is 3. The van der Waals surface area contributed by atoms with Crippen molar-refractivity contribution in [1.29, 1.82) is 0 Å². The Morgan fingerprint density at radius 3 is 2.69 bits per heavy atom. The SMILES string of the molecule is CCCC[C@H](NNC(N)=S)C(=O)O. The second-order valence-corrected chi connectivity index (χ2v) is 3.11. The van der Waals surface area contributed by atoms with Crippen LogP contribution in [-0.4, -0.2) is 22.2 Å². The molecule has 0 aromatic heterocycles. The van der Waals surface area contributed by atoms with E-state index in [1.807, 2.05) is 6.92 Å². The Morgan fingerprint density at radius 2 is 2.31 bits per heavy atom. The molecule has 1 atom stereocenters. The van der Waals surface area contributed by atoms with E-state index < -0.39 is 12.0 Å². The van der Waals surface area contributed by atoms with E-state index in [9.17, 15) is 4.79 Å². The smallest absolute Gasteiger partial charge is 0.322 e. The maximum absolute atomic E-state index is 10.6. The Morgan fingerprint density at radius 1 is 1.69 bits per heavy atom. The standard InChI is InChI=1S/C7H15N3O2S/c1-2-3-4-5(6(11)12)9-10-7(8)13/h5,9H,2-4H2,1H3,(H,11,12)(H3,8,10,13)/t5-/m0/s1. The summed E-state index contributed by atoms with van der Waals surface area (Å²) in [6, 6.07) is -0.638. The fourth-order valence-electron chi connectivity index (χ4n) is 0.824. The first-order valence-corrected chi connectivity index (χ1v) is 4.52. The summed E-state index contributed by atoms with van der Waals surface area (Å²) in [5, 5.41) is 8.77. The lowest BCUT2D eigenvalue weighted by atomic mass is 10.1. The molecule has 0 bridgehead atoms. The topological polar surface area (TPSA) is 87.4 Å². The highest BCUT2D eigenvalue weighted by molar-refractivity contribution is 7.80. The molecular formula is C7H15N3O2S. The number of aliphatic carboxylic acids is 1. The van der Waals surface area contributed by atoms with Gasteiger partial charge < -0.3 is 10.8 Å². The van der Waals surface area contributed by atoms with Crippen molar-refractivity contribution in [3.8, 4) is 0 Å². The Bertz CT molecular complexity index is 187. The Balaban J connectivity index is 3.80. The lowest BCUT2D eigenvalue weighted by molar-refractivity contribution is -0.139. The third-order valence-electron chi connectivity index (χ3n) is 1.51. The van der Waals surface area contributed by atoms with Gasteiger partial charge in [0.25, 0.3) is 0 Å². The van der Waals surface area contributed by atoms with E-state index in [2.05, 4.69) is 23.1 Å². The van der Waals surface area contributed by atoms with Crippen molar-refractivity contribution in [2.24, 2.45) is 5.73 Å². The van der Waals surface area contributed by atoms with E-state index in [1.54, 1.807) is 0 Å². The molecule has 0 saturated heterocycles. The second-order valence-electron chi connectivity index (χ2n) is 2.67. The zero-order valence-electron chi connectivity index (χ0n) is 7.54. The number of carboxylic acids is 1. The molecule has 0 aromatic rings. The summed E-state index contributed by atoms with van der Waals surface area (Å²) < 4.78 is 0. The number of thiocarbonyl (C=S) groups is 1. The molecule has 0 heterocycles.